The number of hydrogen-bond acceptors (Lipinski definition) is 6. The number of anilines is 1. The van der Waals surface area contributed by atoms with Crippen LogP contribution in [0.25, 0.3) is 10.9 Å². The molecule has 0 spiro atoms. The van der Waals surface area contributed by atoms with Crippen LogP contribution in [0.2, 0.25) is 10.0 Å². The van der Waals surface area contributed by atoms with Crippen LogP contribution in [0.3, 0.4) is 0 Å². The highest BCUT2D eigenvalue weighted by Gasteiger charge is 2.09. The Kier molecular flexibility index (Phi) is 6.48. The molecule has 2 N–H and O–H groups in total. The molecule has 0 aliphatic carbocycles. The maximum Gasteiger partial charge on any atom is 0.271 e. The van der Waals surface area contributed by atoms with E-state index in [1.165, 1.54) is 11.5 Å². The number of ether oxygens (including phenoxy) is 1. The van der Waals surface area contributed by atoms with E-state index in [0.717, 1.165) is 34.9 Å². The second-order valence-corrected chi connectivity index (χ2v) is 7.09. The van der Waals surface area contributed by atoms with Crippen LogP contribution in [0.4, 0.5) is 15.8 Å². The number of nitro groups is 1. The van der Waals surface area contributed by atoms with E-state index in [9.17, 15) is 14.5 Å². The first-order chi connectivity index (χ1) is 13.8. The van der Waals surface area contributed by atoms with E-state index < -0.39 is 10.7 Å². The number of non-ortho nitro benzene ring substituents is 1. The molecule has 0 atom stereocenters. The molecule has 0 saturated heterocycles. The Morgan fingerprint density at radius 2 is 1.86 bits per heavy atom. The molecule has 0 unspecified atom stereocenters. The SMILES string of the molecule is Nc1ccc(Oc2cccc3nscc23)c(Cl)c1.O=[N+]([O-])c1ccc(F)c(Cl)c1. The minimum atomic E-state index is -0.655. The van der Waals surface area contributed by atoms with Gasteiger partial charge in [0.05, 0.1) is 25.9 Å². The number of halogens is 3. The number of hydrogen-bond donors (Lipinski definition) is 1. The van der Waals surface area contributed by atoms with Crippen LogP contribution < -0.4 is 10.5 Å². The summed E-state index contributed by atoms with van der Waals surface area (Å²) in [5, 5.41) is 13.3. The van der Waals surface area contributed by atoms with Gasteiger partial charge in [-0.05, 0) is 47.9 Å². The van der Waals surface area contributed by atoms with Gasteiger partial charge < -0.3 is 10.5 Å². The highest BCUT2D eigenvalue weighted by molar-refractivity contribution is 7.04. The Morgan fingerprint density at radius 3 is 2.55 bits per heavy atom. The summed E-state index contributed by atoms with van der Waals surface area (Å²) in [6, 6.07) is 13.9. The molecular formula is C19H12Cl2FN3O3S. The van der Waals surface area contributed by atoms with Gasteiger partial charge in [0.2, 0.25) is 0 Å². The van der Waals surface area contributed by atoms with Crippen molar-refractivity contribution in [3.8, 4) is 11.5 Å². The Hall–Kier alpha value is -2.94. The number of aromatic nitrogens is 1. The minimum absolute atomic E-state index is 0.212. The van der Waals surface area contributed by atoms with Crippen molar-refractivity contribution in [2.75, 3.05) is 5.73 Å². The molecule has 0 bridgehead atoms. The normalized spacial score (nSPS) is 10.3. The zero-order valence-electron chi connectivity index (χ0n) is 14.5. The lowest BCUT2D eigenvalue weighted by atomic mass is 10.2. The molecule has 0 aliphatic heterocycles. The van der Waals surface area contributed by atoms with Crippen LogP contribution in [0.1, 0.15) is 0 Å². The van der Waals surface area contributed by atoms with Gasteiger partial charge in [-0.1, -0.05) is 29.3 Å². The topological polar surface area (TPSA) is 91.3 Å². The summed E-state index contributed by atoms with van der Waals surface area (Å²) in [5.74, 6) is 0.676. The standard InChI is InChI=1S/C13H9ClN2OS.C6H3ClFNO2/c14-10-6-8(15)4-5-13(10)17-12-3-1-2-11-9(12)7-18-16-11;7-5-3-4(9(10)11)1-2-6(5)8/h1-7H,15H2;1-3H. The van der Waals surface area contributed by atoms with Gasteiger partial charge in [0.15, 0.2) is 0 Å². The van der Waals surface area contributed by atoms with E-state index >= 15 is 0 Å². The van der Waals surface area contributed by atoms with Crippen molar-refractivity contribution in [3.63, 3.8) is 0 Å². The third kappa shape index (κ3) is 5.11. The fourth-order valence-electron chi connectivity index (χ4n) is 2.27. The second-order valence-electron chi connectivity index (χ2n) is 5.65. The number of benzene rings is 3. The number of nitrogens with zero attached hydrogens (tertiary/aromatic N) is 2. The number of nitrogens with two attached hydrogens (primary N) is 1. The molecule has 29 heavy (non-hydrogen) atoms. The predicted octanol–water partition coefficient (Wildman–Crippen LogP) is 6.71. The molecule has 1 heterocycles. The fraction of sp³-hybridized carbons (Fsp3) is 0. The first-order valence-corrected chi connectivity index (χ1v) is 9.60. The molecule has 4 rings (SSSR count). The summed E-state index contributed by atoms with van der Waals surface area (Å²) in [4.78, 5) is 9.46. The van der Waals surface area contributed by atoms with Crippen molar-refractivity contribution in [3.05, 3.63) is 86.0 Å². The van der Waals surface area contributed by atoms with Crippen LogP contribution in [0.5, 0.6) is 11.5 Å². The molecule has 0 saturated carbocycles. The average Bonchev–Trinajstić information content (AvgIpc) is 3.16. The van der Waals surface area contributed by atoms with Crippen LogP contribution in [-0.2, 0) is 0 Å². The monoisotopic (exact) mass is 451 g/mol. The summed E-state index contributed by atoms with van der Waals surface area (Å²) in [6.45, 7) is 0. The third-order valence-corrected chi connectivity index (χ3v) is 4.88. The minimum Gasteiger partial charge on any atom is -0.455 e. The van der Waals surface area contributed by atoms with Gasteiger partial charge in [-0.2, -0.15) is 4.37 Å². The van der Waals surface area contributed by atoms with Crippen LogP contribution >= 0.6 is 34.7 Å². The van der Waals surface area contributed by atoms with E-state index in [1.54, 1.807) is 18.2 Å². The first-order valence-electron chi connectivity index (χ1n) is 8.00. The Balaban J connectivity index is 0.000000188. The summed E-state index contributed by atoms with van der Waals surface area (Å²) in [7, 11) is 0. The van der Waals surface area contributed by atoms with Gasteiger partial charge in [0.1, 0.15) is 17.3 Å². The Morgan fingerprint density at radius 1 is 1.07 bits per heavy atom. The zero-order valence-corrected chi connectivity index (χ0v) is 16.8. The quantitative estimate of drug-likeness (QED) is 0.212. The summed E-state index contributed by atoms with van der Waals surface area (Å²) < 4.78 is 22.5. The maximum atomic E-state index is 12.4. The van der Waals surface area contributed by atoms with Crippen molar-refractivity contribution >= 4 is 57.0 Å². The lowest BCUT2D eigenvalue weighted by Crippen LogP contribution is -1.88. The van der Waals surface area contributed by atoms with Gasteiger partial charge >= 0.3 is 0 Å². The molecule has 0 amide bonds. The van der Waals surface area contributed by atoms with Gasteiger partial charge in [-0.25, -0.2) is 4.39 Å². The van der Waals surface area contributed by atoms with E-state index in [2.05, 4.69) is 4.37 Å². The molecule has 3 aromatic carbocycles. The molecule has 0 fully saturated rings. The van der Waals surface area contributed by atoms with E-state index in [-0.39, 0.29) is 10.7 Å². The van der Waals surface area contributed by atoms with Crippen molar-refractivity contribution in [1.29, 1.82) is 0 Å². The fourth-order valence-corrected chi connectivity index (χ4v) is 3.34. The van der Waals surface area contributed by atoms with Crippen LogP contribution in [0, 0.1) is 15.9 Å². The van der Waals surface area contributed by atoms with E-state index in [0.29, 0.717) is 16.5 Å². The Bertz CT molecular complexity index is 1190. The molecule has 4 aromatic rings. The molecular weight excluding hydrogens is 440 g/mol. The van der Waals surface area contributed by atoms with E-state index in [1.807, 2.05) is 23.6 Å². The molecule has 0 aliphatic rings. The first kappa shape index (κ1) is 20.8. The highest BCUT2D eigenvalue weighted by atomic mass is 35.5. The smallest absolute Gasteiger partial charge is 0.271 e. The number of nitro benzene ring substituents is 1. The second kappa shape index (κ2) is 9.04. The van der Waals surface area contributed by atoms with E-state index in [4.69, 9.17) is 33.7 Å². The molecule has 148 valence electrons. The number of rotatable bonds is 3. The molecule has 0 radical (unpaired) electrons. The summed E-state index contributed by atoms with van der Waals surface area (Å²) in [6.07, 6.45) is 0. The predicted molar refractivity (Wildman–Crippen MR) is 114 cm³/mol. The molecule has 1 aromatic heterocycles. The zero-order chi connectivity index (χ0) is 21.0. The number of nitrogen functional groups attached to an aromatic ring is 1. The van der Waals surface area contributed by atoms with Gasteiger partial charge in [0.25, 0.3) is 5.69 Å². The van der Waals surface area contributed by atoms with Crippen LogP contribution in [0.15, 0.2) is 60.0 Å². The van der Waals surface area contributed by atoms with Crippen molar-refractivity contribution in [2.45, 2.75) is 0 Å². The van der Waals surface area contributed by atoms with Gasteiger partial charge in [0, 0.05) is 23.2 Å². The van der Waals surface area contributed by atoms with Crippen molar-refractivity contribution in [1.82, 2.24) is 4.37 Å². The lowest BCUT2D eigenvalue weighted by Gasteiger charge is -2.08. The largest absolute Gasteiger partial charge is 0.455 e. The lowest BCUT2D eigenvalue weighted by molar-refractivity contribution is -0.384. The Labute approximate surface area is 178 Å². The van der Waals surface area contributed by atoms with Crippen LogP contribution in [-0.4, -0.2) is 9.30 Å². The highest BCUT2D eigenvalue weighted by Crippen LogP contribution is 2.34. The van der Waals surface area contributed by atoms with Crippen molar-refractivity contribution < 1.29 is 14.1 Å². The van der Waals surface area contributed by atoms with Gasteiger partial charge in [-0.3, -0.25) is 10.1 Å². The molecule has 6 nitrogen and oxygen atoms in total. The summed E-state index contributed by atoms with van der Waals surface area (Å²) in [5.41, 5.74) is 6.97. The average molecular weight is 452 g/mol. The molecule has 10 heteroatoms. The number of fused-ring (bicyclic) bond motifs is 1. The third-order valence-electron chi connectivity index (χ3n) is 3.65. The van der Waals surface area contributed by atoms with Crippen molar-refractivity contribution in [2.24, 2.45) is 0 Å². The van der Waals surface area contributed by atoms with Gasteiger partial charge in [-0.15, -0.1) is 0 Å². The maximum absolute atomic E-state index is 12.4. The summed E-state index contributed by atoms with van der Waals surface area (Å²) >= 11 is 12.8.